The van der Waals surface area contributed by atoms with Crippen LogP contribution in [0.25, 0.3) is 0 Å². The third-order valence-electron chi connectivity index (χ3n) is 1.46. The standard InChI is InChI=1S/C6H11FN2OS/c7-1-6(10)8-2-5-3-11-4-9-5/h5,9H,1-4H2,(H,8,10). The third kappa shape index (κ3) is 3.07. The Morgan fingerprint density at radius 2 is 2.64 bits per heavy atom. The van der Waals surface area contributed by atoms with Crippen LogP contribution in [-0.4, -0.2) is 36.8 Å². The molecule has 5 heteroatoms. The minimum absolute atomic E-state index is 0.315. The van der Waals surface area contributed by atoms with Gasteiger partial charge in [-0.1, -0.05) is 0 Å². The number of hydrogen-bond donors (Lipinski definition) is 2. The van der Waals surface area contributed by atoms with Crippen molar-refractivity contribution in [3.8, 4) is 0 Å². The number of alkyl halides is 1. The molecule has 1 fully saturated rings. The normalized spacial score (nSPS) is 23.5. The number of rotatable bonds is 3. The van der Waals surface area contributed by atoms with Crippen molar-refractivity contribution in [3.63, 3.8) is 0 Å². The largest absolute Gasteiger partial charge is 0.352 e. The summed E-state index contributed by atoms with van der Waals surface area (Å²) < 4.78 is 11.6. The van der Waals surface area contributed by atoms with E-state index in [0.29, 0.717) is 12.6 Å². The average Bonchev–Trinajstić information content (AvgIpc) is 2.52. The summed E-state index contributed by atoms with van der Waals surface area (Å²) in [6, 6.07) is 0.315. The van der Waals surface area contributed by atoms with Crippen molar-refractivity contribution >= 4 is 17.7 Å². The van der Waals surface area contributed by atoms with Crippen molar-refractivity contribution in [1.82, 2.24) is 10.6 Å². The van der Waals surface area contributed by atoms with E-state index in [-0.39, 0.29) is 0 Å². The van der Waals surface area contributed by atoms with E-state index in [0.717, 1.165) is 11.6 Å². The molecule has 0 spiro atoms. The molecule has 0 aromatic heterocycles. The minimum Gasteiger partial charge on any atom is -0.352 e. The van der Waals surface area contributed by atoms with Crippen LogP contribution in [0.5, 0.6) is 0 Å². The third-order valence-corrected chi connectivity index (χ3v) is 2.47. The van der Waals surface area contributed by atoms with Crippen LogP contribution in [0.15, 0.2) is 0 Å². The van der Waals surface area contributed by atoms with Crippen LogP contribution in [-0.2, 0) is 4.79 Å². The number of amides is 1. The van der Waals surface area contributed by atoms with Gasteiger partial charge in [-0.25, -0.2) is 4.39 Å². The zero-order valence-corrected chi connectivity index (χ0v) is 6.92. The minimum atomic E-state index is -0.917. The first-order valence-corrected chi connectivity index (χ1v) is 4.62. The fraction of sp³-hybridized carbons (Fsp3) is 0.833. The number of carbonyl (C=O) groups excluding carboxylic acids is 1. The van der Waals surface area contributed by atoms with E-state index in [2.05, 4.69) is 10.6 Å². The predicted molar refractivity (Wildman–Crippen MR) is 43.2 cm³/mol. The summed E-state index contributed by atoms with van der Waals surface area (Å²) in [5.41, 5.74) is 0. The van der Waals surface area contributed by atoms with Gasteiger partial charge in [0.05, 0.1) is 0 Å². The zero-order chi connectivity index (χ0) is 8.10. The van der Waals surface area contributed by atoms with E-state index >= 15 is 0 Å². The van der Waals surface area contributed by atoms with Gasteiger partial charge in [0.2, 0.25) is 0 Å². The molecule has 1 atom stereocenters. The summed E-state index contributed by atoms with van der Waals surface area (Å²) in [4.78, 5) is 10.4. The topological polar surface area (TPSA) is 41.1 Å². The van der Waals surface area contributed by atoms with Crippen molar-refractivity contribution in [2.45, 2.75) is 6.04 Å². The second-order valence-electron chi connectivity index (χ2n) is 2.35. The van der Waals surface area contributed by atoms with Gasteiger partial charge in [-0.05, 0) is 0 Å². The average molecular weight is 178 g/mol. The smallest absolute Gasteiger partial charge is 0.251 e. The molecule has 0 aromatic rings. The lowest BCUT2D eigenvalue weighted by atomic mass is 10.3. The fourth-order valence-corrected chi connectivity index (χ4v) is 1.84. The molecule has 0 bridgehead atoms. The van der Waals surface area contributed by atoms with E-state index in [1.54, 1.807) is 11.8 Å². The van der Waals surface area contributed by atoms with E-state index in [4.69, 9.17) is 0 Å². The summed E-state index contributed by atoms with van der Waals surface area (Å²) in [6.07, 6.45) is 0. The molecule has 3 nitrogen and oxygen atoms in total. The van der Waals surface area contributed by atoms with Gasteiger partial charge in [0.1, 0.15) is 0 Å². The van der Waals surface area contributed by atoms with E-state index < -0.39 is 12.6 Å². The highest BCUT2D eigenvalue weighted by molar-refractivity contribution is 7.99. The maximum atomic E-state index is 11.6. The summed E-state index contributed by atoms with van der Waals surface area (Å²) in [5, 5.41) is 5.65. The van der Waals surface area contributed by atoms with Crippen molar-refractivity contribution in [3.05, 3.63) is 0 Å². The molecular weight excluding hydrogens is 167 g/mol. The van der Waals surface area contributed by atoms with E-state index in [9.17, 15) is 9.18 Å². The molecule has 11 heavy (non-hydrogen) atoms. The van der Waals surface area contributed by atoms with Gasteiger partial charge in [0.15, 0.2) is 6.67 Å². The van der Waals surface area contributed by atoms with Crippen LogP contribution in [0.1, 0.15) is 0 Å². The number of thioether (sulfide) groups is 1. The first-order chi connectivity index (χ1) is 5.33. The number of halogens is 1. The number of carbonyl (C=O) groups is 1. The number of nitrogens with one attached hydrogen (secondary N) is 2. The predicted octanol–water partition coefficient (Wildman–Crippen LogP) is -0.265. The van der Waals surface area contributed by atoms with Crippen molar-refractivity contribution < 1.29 is 9.18 Å². The quantitative estimate of drug-likeness (QED) is 0.625. The molecule has 0 aliphatic carbocycles. The van der Waals surface area contributed by atoms with Gasteiger partial charge >= 0.3 is 0 Å². The van der Waals surface area contributed by atoms with Crippen LogP contribution in [0, 0.1) is 0 Å². The van der Waals surface area contributed by atoms with Gasteiger partial charge in [-0.3, -0.25) is 4.79 Å². The monoisotopic (exact) mass is 178 g/mol. The maximum Gasteiger partial charge on any atom is 0.251 e. The van der Waals surface area contributed by atoms with Gasteiger partial charge in [0.25, 0.3) is 5.91 Å². The molecule has 1 heterocycles. The Hall–Kier alpha value is -0.290. The lowest BCUT2D eigenvalue weighted by Crippen LogP contribution is -2.39. The zero-order valence-electron chi connectivity index (χ0n) is 6.10. The Balaban J connectivity index is 2.06. The SMILES string of the molecule is O=C(CF)NCC1CSCN1. The highest BCUT2D eigenvalue weighted by Gasteiger charge is 2.14. The lowest BCUT2D eigenvalue weighted by molar-refractivity contribution is -0.121. The molecule has 64 valence electrons. The second kappa shape index (κ2) is 4.56. The Morgan fingerprint density at radius 3 is 3.18 bits per heavy atom. The van der Waals surface area contributed by atoms with Crippen LogP contribution < -0.4 is 10.6 Å². The van der Waals surface area contributed by atoms with E-state index in [1.807, 2.05) is 0 Å². The van der Waals surface area contributed by atoms with Crippen LogP contribution in [0.2, 0.25) is 0 Å². The second-order valence-corrected chi connectivity index (χ2v) is 3.38. The Morgan fingerprint density at radius 1 is 1.82 bits per heavy atom. The molecule has 1 aliphatic rings. The molecule has 2 N–H and O–H groups in total. The van der Waals surface area contributed by atoms with Gasteiger partial charge < -0.3 is 10.6 Å². The van der Waals surface area contributed by atoms with Crippen molar-refractivity contribution in [2.75, 3.05) is 24.8 Å². The molecular formula is C6H11FN2OS. The van der Waals surface area contributed by atoms with Crippen molar-refractivity contribution in [1.29, 1.82) is 0 Å². The Bertz CT molecular complexity index is 139. The molecule has 1 amide bonds. The van der Waals surface area contributed by atoms with Gasteiger partial charge in [0, 0.05) is 24.2 Å². The molecule has 0 radical (unpaired) electrons. The highest BCUT2D eigenvalue weighted by atomic mass is 32.2. The summed E-state index contributed by atoms with van der Waals surface area (Å²) in [7, 11) is 0. The summed E-state index contributed by atoms with van der Waals surface area (Å²) >= 11 is 1.79. The first kappa shape index (κ1) is 8.80. The highest BCUT2D eigenvalue weighted by Crippen LogP contribution is 2.07. The molecule has 1 rings (SSSR count). The molecule has 0 saturated carbocycles. The van der Waals surface area contributed by atoms with Crippen LogP contribution >= 0.6 is 11.8 Å². The lowest BCUT2D eigenvalue weighted by Gasteiger charge is -2.08. The Kier molecular flexibility index (Phi) is 3.65. The summed E-state index contributed by atoms with van der Waals surface area (Å²) in [6.45, 7) is -0.379. The number of hydrogen-bond acceptors (Lipinski definition) is 3. The molecule has 1 saturated heterocycles. The van der Waals surface area contributed by atoms with Gasteiger partial charge in [-0.2, -0.15) is 0 Å². The molecule has 1 aliphatic heterocycles. The van der Waals surface area contributed by atoms with E-state index in [1.165, 1.54) is 0 Å². The molecule has 0 aromatic carbocycles. The first-order valence-electron chi connectivity index (χ1n) is 3.46. The van der Waals surface area contributed by atoms with Crippen molar-refractivity contribution in [2.24, 2.45) is 0 Å². The maximum absolute atomic E-state index is 11.6. The van der Waals surface area contributed by atoms with Crippen LogP contribution in [0.4, 0.5) is 4.39 Å². The van der Waals surface area contributed by atoms with Gasteiger partial charge in [-0.15, -0.1) is 11.8 Å². The molecule has 1 unspecified atom stereocenters. The Labute approximate surface area is 69.1 Å². The van der Waals surface area contributed by atoms with Crippen LogP contribution in [0.3, 0.4) is 0 Å². The fourth-order valence-electron chi connectivity index (χ4n) is 0.852. The summed E-state index contributed by atoms with van der Waals surface area (Å²) in [5.74, 6) is 1.40.